The van der Waals surface area contributed by atoms with E-state index in [0.717, 1.165) is 16.7 Å². The number of halogens is 2. The molecule has 1 unspecified atom stereocenters. The molecule has 1 N–H and O–H groups in total. The third-order valence-corrected chi connectivity index (χ3v) is 4.09. The molecule has 2 nitrogen and oxygen atoms in total. The molecule has 0 aliphatic carbocycles. The molecule has 0 spiro atoms. The van der Waals surface area contributed by atoms with Crippen molar-refractivity contribution < 1.29 is 9.84 Å². The van der Waals surface area contributed by atoms with Crippen molar-refractivity contribution >= 4 is 23.2 Å². The summed E-state index contributed by atoms with van der Waals surface area (Å²) in [5, 5.41) is 11.6. The Kier molecular flexibility index (Phi) is 3.63. The maximum atomic E-state index is 10.3. The molecule has 1 heterocycles. The van der Waals surface area contributed by atoms with E-state index < -0.39 is 6.10 Å². The van der Waals surface area contributed by atoms with Gasteiger partial charge >= 0.3 is 0 Å². The van der Waals surface area contributed by atoms with Gasteiger partial charge in [0, 0.05) is 22.0 Å². The first kappa shape index (κ1) is 13.7. The highest BCUT2D eigenvalue weighted by molar-refractivity contribution is 6.31. The molecule has 0 fully saturated rings. The van der Waals surface area contributed by atoms with Crippen LogP contribution in [0.5, 0.6) is 5.75 Å². The topological polar surface area (TPSA) is 29.5 Å². The number of aliphatic hydroxyl groups is 1. The van der Waals surface area contributed by atoms with Crippen LogP contribution in [0.1, 0.15) is 35.3 Å². The molecule has 20 heavy (non-hydrogen) atoms. The molecule has 0 amide bonds. The Morgan fingerprint density at radius 2 is 1.75 bits per heavy atom. The average Bonchev–Trinajstić information content (AvgIpc) is 2.39. The molecule has 3 rings (SSSR count). The van der Waals surface area contributed by atoms with Gasteiger partial charge in [0.25, 0.3) is 0 Å². The fourth-order valence-corrected chi connectivity index (χ4v) is 3.02. The summed E-state index contributed by atoms with van der Waals surface area (Å²) >= 11 is 11.9. The van der Waals surface area contributed by atoms with Gasteiger partial charge in [-0.3, -0.25) is 0 Å². The molecule has 0 aromatic heterocycles. The Labute approximate surface area is 127 Å². The van der Waals surface area contributed by atoms with Gasteiger partial charge in [0.1, 0.15) is 11.9 Å². The van der Waals surface area contributed by atoms with E-state index in [-0.39, 0.29) is 6.10 Å². The first-order chi connectivity index (χ1) is 9.54. The smallest absolute Gasteiger partial charge is 0.127 e. The minimum atomic E-state index is -0.572. The maximum Gasteiger partial charge on any atom is 0.127 e. The lowest BCUT2D eigenvalue weighted by atomic mass is 9.93. The highest BCUT2D eigenvalue weighted by Crippen LogP contribution is 2.42. The normalized spacial score (nSPS) is 21.2. The van der Waals surface area contributed by atoms with Gasteiger partial charge in [-0.15, -0.1) is 0 Å². The van der Waals surface area contributed by atoms with Crippen LogP contribution in [0, 0.1) is 6.92 Å². The molecule has 104 valence electrons. The molecular weight excluding hydrogens is 295 g/mol. The number of rotatable bonds is 1. The van der Waals surface area contributed by atoms with E-state index in [9.17, 15) is 5.11 Å². The van der Waals surface area contributed by atoms with Crippen molar-refractivity contribution in [3.05, 3.63) is 63.1 Å². The van der Waals surface area contributed by atoms with Gasteiger partial charge in [0.2, 0.25) is 0 Å². The summed E-state index contributed by atoms with van der Waals surface area (Å²) in [6.45, 7) is 1.99. The molecular formula is C16H14Cl2O2. The fraction of sp³-hybridized carbons (Fsp3) is 0.250. The number of hydrogen-bond donors (Lipinski definition) is 1. The van der Waals surface area contributed by atoms with Crippen molar-refractivity contribution in [2.24, 2.45) is 0 Å². The van der Waals surface area contributed by atoms with E-state index in [1.807, 2.05) is 25.1 Å². The average molecular weight is 309 g/mol. The summed E-state index contributed by atoms with van der Waals surface area (Å²) in [6, 6.07) is 11.0. The molecule has 4 heteroatoms. The van der Waals surface area contributed by atoms with Crippen LogP contribution in [0.15, 0.2) is 36.4 Å². The first-order valence-electron chi connectivity index (χ1n) is 6.45. The summed E-state index contributed by atoms with van der Waals surface area (Å²) in [4.78, 5) is 0. The Hall–Kier alpha value is -1.22. The van der Waals surface area contributed by atoms with Crippen LogP contribution < -0.4 is 4.74 Å². The van der Waals surface area contributed by atoms with Crippen LogP contribution in [-0.4, -0.2) is 5.11 Å². The van der Waals surface area contributed by atoms with Crippen molar-refractivity contribution in [3.63, 3.8) is 0 Å². The number of ether oxygens (including phenoxy) is 1. The molecule has 1 aliphatic rings. The van der Waals surface area contributed by atoms with E-state index in [2.05, 4.69) is 0 Å². The first-order valence-corrected chi connectivity index (χ1v) is 7.20. The quantitative estimate of drug-likeness (QED) is 0.815. The Morgan fingerprint density at radius 1 is 1.05 bits per heavy atom. The summed E-state index contributed by atoms with van der Waals surface area (Å²) in [5.41, 5.74) is 2.86. The molecule has 2 aromatic carbocycles. The lowest BCUT2D eigenvalue weighted by Crippen LogP contribution is -2.19. The third kappa shape index (κ3) is 2.51. The summed E-state index contributed by atoms with van der Waals surface area (Å²) in [5.74, 6) is 0.688. The number of aryl methyl sites for hydroxylation is 1. The largest absolute Gasteiger partial charge is 0.485 e. The van der Waals surface area contributed by atoms with Gasteiger partial charge in [-0.1, -0.05) is 29.3 Å². The predicted octanol–water partition coefficient (Wildman–Crippen LogP) is 4.86. The molecule has 0 saturated heterocycles. The van der Waals surface area contributed by atoms with Gasteiger partial charge in [-0.05, 0) is 48.4 Å². The summed E-state index contributed by atoms with van der Waals surface area (Å²) in [7, 11) is 0. The van der Waals surface area contributed by atoms with E-state index in [1.165, 1.54) is 0 Å². The molecule has 0 saturated carbocycles. The van der Waals surface area contributed by atoms with Crippen molar-refractivity contribution in [1.82, 2.24) is 0 Å². The van der Waals surface area contributed by atoms with Crippen LogP contribution in [-0.2, 0) is 0 Å². The van der Waals surface area contributed by atoms with E-state index in [4.69, 9.17) is 27.9 Å². The Bertz CT molecular complexity index is 655. The van der Waals surface area contributed by atoms with Gasteiger partial charge in [0.15, 0.2) is 0 Å². The van der Waals surface area contributed by atoms with Crippen LogP contribution in [0.3, 0.4) is 0 Å². The van der Waals surface area contributed by atoms with Gasteiger partial charge in [0.05, 0.1) is 6.10 Å². The zero-order chi connectivity index (χ0) is 14.3. The highest BCUT2D eigenvalue weighted by Gasteiger charge is 2.29. The minimum absolute atomic E-state index is 0.170. The maximum absolute atomic E-state index is 10.3. The minimum Gasteiger partial charge on any atom is -0.485 e. The van der Waals surface area contributed by atoms with Crippen LogP contribution in [0.2, 0.25) is 10.0 Å². The zero-order valence-corrected chi connectivity index (χ0v) is 12.4. The molecule has 0 radical (unpaired) electrons. The molecule has 1 aliphatic heterocycles. The van der Waals surface area contributed by atoms with Gasteiger partial charge in [-0.25, -0.2) is 0 Å². The lowest BCUT2D eigenvalue weighted by Gasteiger charge is -2.30. The SMILES string of the molecule is Cc1cc(Cl)ccc1C1C[C@H](O)c2cc(Cl)ccc2O1. The van der Waals surface area contributed by atoms with Gasteiger partial charge in [-0.2, -0.15) is 0 Å². The van der Waals surface area contributed by atoms with Crippen LogP contribution in [0.4, 0.5) is 0 Å². The monoisotopic (exact) mass is 308 g/mol. The standard InChI is InChI=1S/C16H14Cl2O2/c1-9-6-10(17)2-4-12(9)16-8-14(19)13-7-11(18)3-5-15(13)20-16/h2-7,14,16,19H,8H2,1H3/t14-,16?/m0/s1. The third-order valence-electron chi connectivity index (χ3n) is 3.62. The molecule has 2 atom stereocenters. The van der Waals surface area contributed by atoms with E-state index in [1.54, 1.807) is 18.2 Å². The Balaban J connectivity index is 1.97. The van der Waals surface area contributed by atoms with Crippen LogP contribution >= 0.6 is 23.2 Å². The fourth-order valence-electron chi connectivity index (χ4n) is 2.61. The zero-order valence-electron chi connectivity index (χ0n) is 10.9. The number of hydrogen-bond acceptors (Lipinski definition) is 2. The van der Waals surface area contributed by atoms with E-state index >= 15 is 0 Å². The second-order valence-corrected chi connectivity index (χ2v) is 5.91. The van der Waals surface area contributed by atoms with Crippen molar-refractivity contribution in [3.8, 4) is 5.75 Å². The number of aliphatic hydroxyl groups excluding tert-OH is 1. The Morgan fingerprint density at radius 3 is 2.50 bits per heavy atom. The second-order valence-electron chi connectivity index (χ2n) is 5.04. The van der Waals surface area contributed by atoms with Crippen molar-refractivity contribution in [2.75, 3.05) is 0 Å². The molecule has 0 bridgehead atoms. The van der Waals surface area contributed by atoms with Gasteiger partial charge < -0.3 is 9.84 Å². The van der Waals surface area contributed by atoms with Crippen molar-refractivity contribution in [2.45, 2.75) is 25.6 Å². The second kappa shape index (κ2) is 5.28. The van der Waals surface area contributed by atoms with E-state index in [0.29, 0.717) is 22.2 Å². The summed E-state index contributed by atoms with van der Waals surface area (Å²) in [6.07, 6.45) is -0.232. The van der Waals surface area contributed by atoms with Crippen molar-refractivity contribution in [1.29, 1.82) is 0 Å². The summed E-state index contributed by atoms with van der Waals surface area (Å²) < 4.78 is 6.00. The molecule has 2 aromatic rings. The number of fused-ring (bicyclic) bond motifs is 1. The highest BCUT2D eigenvalue weighted by atomic mass is 35.5. The van der Waals surface area contributed by atoms with Crippen LogP contribution in [0.25, 0.3) is 0 Å². The number of benzene rings is 2. The predicted molar refractivity (Wildman–Crippen MR) is 80.6 cm³/mol. The lowest BCUT2D eigenvalue weighted by molar-refractivity contribution is 0.0655.